The highest BCUT2D eigenvalue weighted by molar-refractivity contribution is 5.81. The maximum absolute atomic E-state index is 13.0. The fourth-order valence-electron chi connectivity index (χ4n) is 2.59. The Bertz CT molecular complexity index is 923. The minimum Gasteiger partial charge on any atom is -0.485 e. The minimum atomic E-state index is -0.728. The van der Waals surface area contributed by atoms with Gasteiger partial charge >= 0.3 is 0 Å². The van der Waals surface area contributed by atoms with Crippen LogP contribution in [0.15, 0.2) is 59.1 Å². The van der Waals surface area contributed by atoms with Gasteiger partial charge in [-0.15, -0.1) is 0 Å². The third-order valence-corrected chi connectivity index (χ3v) is 3.93. The molecule has 0 aliphatic carbocycles. The number of fused-ring (bicyclic) bond motifs is 1. The predicted molar refractivity (Wildman–Crippen MR) is 90.1 cm³/mol. The molecule has 1 aliphatic heterocycles. The van der Waals surface area contributed by atoms with E-state index in [2.05, 4.69) is 10.5 Å². The van der Waals surface area contributed by atoms with Crippen molar-refractivity contribution in [2.75, 3.05) is 6.61 Å². The van der Waals surface area contributed by atoms with E-state index < -0.39 is 6.10 Å². The van der Waals surface area contributed by atoms with Gasteiger partial charge in [0, 0.05) is 11.6 Å². The molecule has 2 aromatic carbocycles. The smallest absolute Gasteiger partial charge is 0.265 e. The predicted octanol–water partition coefficient (Wildman–Crippen LogP) is 2.94. The second-order valence-electron chi connectivity index (χ2n) is 5.77. The number of aromatic nitrogens is 1. The first-order valence-corrected chi connectivity index (χ1v) is 8.07. The number of hydrogen-bond acceptors (Lipinski definition) is 5. The molecular formula is C19H15FN2O4. The highest BCUT2D eigenvalue weighted by atomic mass is 19.1. The van der Waals surface area contributed by atoms with Crippen molar-refractivity contribution >= 4 is 5.91 Å². The molecule has 132 valence electrons. The summed E-state index contributed by atoms with van der Waals surface area (Å²) in [5.74, 6) is 1.04. The standard InChI is InChI=1S/C19H15FN2O4/c20-13-7-5-12(6-8-13)17-9-14(22-26-17)10-21-19(23)18-11-24-15-3-1-2-4-16(15)25-18/h1-9,18H,10-11H2,(H,21,23)/t18-/m1/s1. The molecule has 3 aromatic rings. The van der Waals surface area contributed by atoms with Crippen molar-refractivity contribution < 1.29 is 23.2 Å². The van der Waals surface area contributed by atoms with Gasteiger partial charge < -0.3 is 19.3 Å². The minimum absolute atomic E-state index is 0.141. The van der Waals surface area contributed by atoms with Gasteiger partial charge in [-0.2, -0.15) is 0 Å². The van der Waals surface area contributed by atoms with E-state index in [1.54, 1.807) is 30.3 Å². The molecule has 0 spiro atoms. The Morgan fingerprint density at radius 3 is 2.73 bits per heavy atom. The van der Waals surface area contributed by atoms with E-state index in [1.807, 2.05) is 12.1 Å². The van der Waals surface area contributed by atoms with Crippen LogP contribution in [0.4, 0.5) is 4.39 Å². The monoisotopic (exact) mass is 354 g/mol. The maximum Gasteiger partial charge on any atom is 0.265 e. The fraction of sp³-hybridized carbons (Fsp3) is 0.158. The second-order valence-corrected chi connectivity index (χ2v) is 5.77. The van der Waals surface area contributed by atoms with Crippen molar-refractivity contribution in [1.82, 2.24) is 10.5 Å². The lowest BCUT2D eigenvalue weighted by molar-refractivity contribution is -0.130. The molecule has 1 N–H and O–H groups in total. The molecule has 6 nitrogen and oxygen atoms in total. The normalized spacial score (nSPS) is 15.5. The van der Waals surface area contributed by atoms with Crippen LogP contribution in [0.2, 0.25) is 0 Å². The molecule has 4 rings (SSSR count). The average Bonchev–Trinajstić information content (AvgIpc) is 3.15. The Balaban J connectivity index is 1.36. The second kappa shape index (κ2) is 6.87. The Morgan fingerprint density at radius 2 is 1.92 bits per heavy atom. The van der Waals surface area contributed by atoms with Gasteiger partial charge in [-0.05, 0) is 36.4 Å². The number of ether oxygens (including phenoxy) is 2. The summed E-state index contributed by atoms with van der Waals surface area (Å²) in [4.78, 5) is 12.3. The number of rotatable bonds is 4. The van der Waals surface area contributed by atoms with Gasteiger partial charge in [0.1, 0.15) is 18.1 Å². The summed E-state index contributed by atoms with van der Waals surface area (Å²) in [5.41, 5.74) is 1.26. The number of benzene rings is 2. The molecule has 0 radical (unpaired) electrons. The van der Waals surface area contributed by atoms with Crippen molar-refractivity contribution in [3.05, 3.63) is 66.1 Å². The molecule has 7 heteroatoms. The number of nitrogens with zero attached hydrogens (tertiary/aromatic N) is 1. The number of hydrogen-bond donors (Lipinski definition) is 1. The summed E-state index contributed by atoms with van der Waals surface area (Å²) in [6.07, 6.45) is -0.728. The van der Waals surface area contributed by atoms with E-state index in [1.165, 1.54) is 12.1 Å². The Kier molecular flexibility index (Phi) is 4.27. The van der Waals surface area contributed by atoms with E-state index in [0.29, 0.717) is 28.5 Å². The first-order chi connectivity index (χ1) is 12.7. The molecule has 1 atom stereocenters. The van der Waals surface area contributed by atoms with Crippen molar-refractivity contribution in [3.63, 3.8) is 0 Å². The molecule has 1 aliphatic rings. The van der Waals surface area contributed by atoms with Crippen LogP contribution >= 0.6 is 0 Å². The van der Waals surface area contributed by atoms with Crippen LogP contribution in [0, 0.1) is 5.82 Å². The van der Waals surface area contributed by atoms with E-state index >= 15 is 0 Å². The van der Waals surface area contributed by atoms with Gasteiger partial charge in [-0.25, -0.2) is 4.39 Å². The fourth-order valence-corrected chi connectivity index (χ4v) is 2.59. The van der Waals surface area contributed by atoms with Crippen LogP contribution in [-0.4, -0.2) is 23.8 Å². The topological polar surface area (TPSA) is 73.6 Å². The SMILES string of the molecule is O=C(NCc1cc(-c2ccc(F)cc2)on1)[C@H]1COc2ccccc2O1. The number of amides is 1. The lowest BCUT2D eigenvalue weighted by atomic mass is 10.1. The first-order valence-electron chi connectivity index (χ1n) is 8.07. The number of halogens is 1. The van der Waals surface area contributed by atoms with Crippen molar-refractivity contribution in [1.29, 1.82) is 0 Å². The van der Waals surface area contributed by atoms with Gasteiger partial charge in [0.25, 0.3) is 5.91 Å². The van der Waals surface area contributed by atoms with E-state index in [9.17, 15) is 9.18 Å². The van der Waals surface area contributed by atoms with E-state index in [4.69, 9.17) is 14.0 Å². The largest absolute Gasteiger partial charge is 0.485 e. The Labute approximate surface area is 148 Å². The third kappa shape index (κ3) is 3.37. The van der Waals surface area contributed by atoms with Gasteiger partial charge in [-0.1, -0.05) is 17.3 Å². The molecule has 26 heavy (non-hydrogen) atoms. The zero-order valence-electron chi connectivity index (χ0n) is 13.6. The summed E-state index contributed by atoms with van der Waals surface area (Å²) < 4.78 is 29.4. The summed E-state index contributed by atoms with van der Waals surface area (Å²) in [6, 6.07) is 14.8. The van der Waals surface area contributed by atoms with Crippen LogP contribution in [0.1, 0.15) is 5.69 Å². The molecule has 0 unspecified atom stereocenters. The van der Waals surface area contributed by atoms with Gasteiger partial charge in [0.05, 0.1) is 6.54 Å². The third-order valence-electron chi connectivity index (χ3n) is 3.93. The van der Waals surface area contributed by atoms with Crippen LogP contribution in [0.5, 0.6) is 11.5 Å². The summed E-state index contributed by atoms with van der Waals surface area (Å²) >= 11 is 0. The van der Waals surface area contributed by atoms with Crippen LogP contribution in [-0.2, 0) is 11.3 Å². The molecule has 0 saturated heterocycles. The molecule has 1 amide bonds. The van der Waals surface area contributed by atoms with Crippen LogP contribution < -0.4 is 14.8 Å². The van der Waals surface area contributed by atoms with E-state index in [0.717, 1.165) is 0 Å². The molecule has 0 fully saturated rings. The average molecular weight is 354 g/mol. The Morgan fingerprint density at radius 1 is 1.15 bits per heavy atom. The van der Waals surface area contributed by atoms with E-state index in [-0.39, 0.29) is 24.9 Å². The molecule has 1 aromatic heterocycles. The first kappa shape index (κ1) is 16.1. The zero-order chi connectivity index (χ0) is 17.9. The number of carbonyl (C=O) groups is 1. The zero-order valence-corrected chi connectivity index (χ0v) is 13.6. The van der Waals surface area contributed by atoms with Crippen molar-refractivity contribution in [2.24, 2.45) is 0 Å². The quantitative estimate of drug-likeness (QED) is 0.780. The van der Waals surface area contributed by atoms with Gasteiger partial charge in [0.15, 0.2) is 17.3 Å². The Hall–Kier alpha value is -3.35. The molecule has 0 bridgehead atoms. The van der Waals surface area contributed by atoms with Gasteiger partial charge in [0.2, 0.25) is 6.10 Å². The molecule has 0 saturated carbocycles. The highest BCUT2D eigenvalue weighted by Crippen LogP contribution is 2.30. The number of para-hydroxylation sites is 2. The van der Waals surface area contributed by atoms with Crippen LogP contribution in [0.3, 0.4) is 0 Å². The summed E-state index contributed by atoms with van der Waals surface area (Å²) in [5, 5.41) is 6.66. The number of nitrogens with one attached hydrogen (secondary N) is 1. The maximum atomic E-state index is 13.0. The lowest BCUT2D eigenvalue weighted by Gasteiger charge is -2.25. The van der Waals surface area contributed by atoms with Gasteiger partial charge in [-0.3, -0.25) is 4.79 Å². The van der Waals surface area contributed by atoms with Crippen molar-refractivity contribution in [2.45, 2.75) is 12.6 Å². The number of carbonyl (C=O) groups excluding carboxylic acids is 1. The molecular weight excluding hydrogens is 339 g/mol. The van der Waals surface area contributed by atoms with Crippen LogP contribution in [0.25, 0.3) is 11.3 Å². The molecule has 2 heterocycles. The highest BCUT2D eigenvalue weighted by Gasteiger charge is 2.27. The summed E-state index contributed by atoms with van der Waals surface area (Å²) in [6.45, 7) is 0.327. The van der Waals surface area contributed by atoms with Crippen molar-refractivity contribution in [3.8, 4) is 22.8 Å². The summed E-state index contributed by atoms with van der Waals surface area (Å²) in [7, 11) is 0. The lowest BCUT2D eigenvalue weighted by Crippen LogP contribution is -2.43.